The topological polar surface area (TPSA) is 80.6 Å². The quantitative estimate of drug-likeness (QED) is 0.360. The number of carbonyl (C=O) groups excluding carboxylic acids is 2. The van der Waals surface area contributed by atoms with Crippen LogP contribution in [0.4, 0.5) is 11.4 Å². The van der Waals surface area contributed by atoms with Crippen molar-refractivity contribution < 1.29 is 19.1 Å². The van der Waals surface area contributed by atoms with Crippen LogP contribution in [0.1, 0.15) is 12.5 Å². The van der Waals surface area contributed by atoms with Crippen molar-refractivity contribution >= 4 is 46.4 Å². The van der Waals surface area contributed by atoms with Crippen molar-refractivity contribution in [2.75, 3.05) is 18.6 Å². The highest BCUT2D eigenvalue weighted by Crippen LogP contribution is 2.34. The summed E-state index contributed by atoms with van der Waals surface area (Å²) in [5, 5.41) is 8.46. The fraction of sp³-hybridized carbons (Fsp3) is 0.263. The second-order valence-corrected chi connectivity index (χ2v) is 6.56. The number of halogens is 2. The van der Waals surface area contributed by atoms with Crippen molar-refractivity contribution in [2.45, 2.75) is 19.9 Å². The van der Waals surface area contributed by atoms with Crippen LogP contribution in [-0.4, -0.2) is 32.0 Å². The molecular formula is C19H19Cl2N3O4. The first-order valence-electron chi connectivity index (χ1n) is 8.17. The molecule has 0 spiro atoms. The largest absolute Gasteiger partial charge is 0.497 e. The molecule has 1 amide bonds. The lowest BCUT2D eigenvalue weighted by Crippen LogP contribution is -2.36. The van der Waals surface area contributed by atoms with E-state index in [1.54, 1.807) is 30.3 Å². The zero-order valence-corrected chi connectivity index (χ0v) is 17.3. The van der Waals surface area contributed by atoms with Crippen LogP contribution in [0.25, 0.3) is 0 Å². The number of benzene rings is 2. The lowest BCUT2D eigenvalue weighted by Gasteiger charge is -2.19. The van der Waals surface area contributed by atoms with Gasteiger partial charge in [0.05, 0.1) is 19.9 Å². The summed E-state index contributed by atoms with van der Waals surface area (Å²) in [7, 11) is 2.91. The summed E-state index contributed by atoms with van der Waals surface area (Å²) < 4.78 is 11.1. The van der Waals surface area contributed by atoms with Gasteiger partial charge in [0.2, 0.25) is 6.04 Å². The van der Waals surface area contributed by atoms with Crippen molar-refractivity contribution in [3.8, 4) is 11.5 Å². The number of amides is 1. The van der Waals surface area contributed by atoms with E-state index in [1.165, 1.54) is 27.2 Å². The Hall–Kier alpha value is -2.64. The molecule has 0 saturated carbocycles. The molecule has 0 aliphatic carbocycles. The van der Waals surface area contributed by atoms with E-state index in [2.05, 4.69) is 10.2 Å². The fourth-order valence-electron chi connectivity index (χ4n) is 2.30. The highest BCUT2D eigenvalue weighted by Gasteiger charge is 2.30. The van der Waals surface area contributed by atoms with E-state index in [4.69, 9.17) is 32.9 Å². The van der Waals surface area contributed by atoms with Gasteiger partial charge in [-0.2, -0.15) is 10.2 Å². The van der Waals surface area contributed by atoms with E-state index in [9.17, 15) is 9.59 Å². The lowest BCUT2D eigenvalue weighted by molar-refractivity contribution is -0.126. The minimum atomic E-state index is -1.41. The lowest BCUT2D eigenvalue weighted by atomic mass is 10.2. The van der Waals surface area contributed by atoms with Crippen LogP contribution in [0.5, 0.6) is 11.5 Å². The van der Waals surface area contributed by atoms with Gasteiger partial charge in [-0.25, -0.2) is 4.42 Å². The van der Waals surface area contributed by atoms with Gasteiger partial charge in [0.1, 0.15) is 17.2 Å². The summed E-state index contributed by atoms with van der Waals surface area (Å²) in [6.07, 6.45) is 0. The SMILES string of the molecule is COc1ccc(OC)c(N(Cl)C(=O)C(N=Nc2ccc(Cl)c(C)c2)C(C)=O)c1. The van der Waals surface area contributed by atoms with Gasteiger partial charge >= 0.3 is 0 Å². The molecular weight excluding hydrogens is 405 g/mol. The molecule has 2 rings (SSSR count). The van der Waals surface area contributed by atoms with Gasteiger partial charge in [-0.3, -0.25) is 9.59 Å². The molecule has 0 aromatic heterocycles. The number of nitrogens with zero attached hydrogens (tertiary/aromatic N) is 3. The van der Waals surface area contributed by atoms with Crippen molar-refractivity contribution in [1.29, 1.82) is 0 Å². The number of methoxy groups -OCH3 is 2. The number of Topliss-reactive ketones (excluding diaryl/α,β-unsaturated/α-hetero) is 1. The van der Waals surface area contributed by atoms with E-state index in [1.807, 2.05) is 6.92 Å². The molecule has 28 heavy (non-hydrogen) atoms. The molecule has 0 aliphatic rings. The Bertz CT molecular complexity index is 918. The van der Waals surface area contributed by atoms with Gasteiger partial charge in [-0.15, -0.1) is 0 Å². The van der Waals surface area contributed by atoms with Crippen molar-refractivity contribution in [3.63, 3.8) is 0 Å². The maximum absolute atomic E-state index is 12.8. The Kier molecular flexibility index (Phi) is 7.37. The van der Waals surface area contributed by atoms with Crippen LogP contribution in [0.2, 0.25) is 5.02 Å². The number of anilines is 1. The number of hydrogen-bond acceptors (Lipinski definition) is 6. The van der Waals surface area contributed by atoms with Crippen molar-refractivity contribution in [2.24, 2.45) is 10.2 Å². The number of aryl methyl sites for hydroxylation is 1. The predicted octanol–water partition coefficient (Wildman–Crippen LogP) is 4.89. The molecule has 0 fully saturated rings. The van der Waals surface area contributed by atoms with Gasteiger partial charge in [0.25, 0.3) is 5.91 Å². The summed E-state index contributed by atoms with van der Waals surface area (Å²) in [5.74, 6) is -0.481. The molecule has 1 unspecified atom stereocenters. The van der Waals surface area contributed by atoms with E-state index >= 15 is 0 Å². The first-order valence-corrected chi connectivity index (χ1v) is 8.89. The summed E-state index contributed by atoms with van der Waals surface area (Å²) in [6, 6.07) is 8.33. The third kappa shape index (κ3) is 4.99. The minimum Gasteiger partial charge on any atom is -0.497 e. The van der Waals surface area contributed by atoms with E-state index in [0.717, 1.165) is 9.98 Å². The molecule has 0 aliphatic heterocycles. The van der Waals surface area contributed by atoms with Crippen LogP contribution in [-0.2, 0) is 9.59 Å². The first-order chi connectivity index (χ1) is 13.3. The molecule has 0 bridgehead atoms. The van der Waals surface area contributed by atoms with Gasteiger partial charge < -0.3 is 9.47 Å². The van der Waals surface area contributed by atoms with Crippen LogP contribution in [0, 0.1) is 6.92 Å². The molecule has 9 heteroatoms. The standard InChI is InChI=1S/C19H19Cl2N3O4/c1-11-9-13(5-7-15(11)20)22-23-18(12(2)25)19(26)24(21)16-10-14(27-3)6-8-17(16)28-4/h5-10,18H,1-4H3. The average Bonchev–Trinajstić information content (AvgIpc) is 2.69. The Balaban J connectivity index is 2.33. The van der Waals surface area contributed by atoms with Gasteiger partial charge in [-0.05, 0) is 49.7 Å². The van der Waals surface area contributed by atoms with Crippen LogP contribution in [0.15, 0.2) is 46.6 Å². The van der Waals surface area contributed by atoms with Gasteiger partial charge in [-0.1, -0.05) is 11.6 Å². The van der Waals surface area contributed by atoms with Gasteiger partial charge in [0, 0.05) is 22.9 Å². The third-order valence-electron chi connectivity index (χ3n) is 3.84. The number of ketones is 1. The van der Waals surface area contributed by atoms with E-state index in [-0.39, 0.29) is 5.69 Å². The summed E-state index contributed by atoms with van der Waals surface area (Å²) in [6.45, 7) is 3.05. The smallest absolute Gasteiger partial charge is 0.276 e. The molecule has 0 radical (unpaired) electrons. The molecule has 0 saturated heterocycles. The Morgan fingerprint density at radius 3 is 2.39 bits per heavy atom. The van der Waals surface area contributed by atoms with E-state index < -0.39 is 17.7 Å². The summed E-state index contributed by atoms with van der Waals surface area (Å²) in [5.41, 5.74) is 1.47. The molecule has 2 aromatic rings. The van der Waals surface area contributed by atoms with Gasteiger partial charge in [0.15, 0.2) is 5.78 Å². The van der Waals surface area contributed by atoms with E-state index in [0.29, 0.717) is 22.2 Å². The summed E-state index contributed by atoms with van der Waals surface area (Å²) >= 11 is 12.2. The van der Waals surface area contributed by atoms with Crippen molar-refractivity contribution in [3.05, 3.63) is 47.0 Å². The first kappa shape index (κ1) is 21.7. The number of carbonyl (C=O) groups is 2. The average molecular weight is 424 g/mol. The highest BCUT2D eigenvalue weighted by atomic mass is 35.5. The highest BCUT2D eigenvalue weighted by molar-refractivity contribution is 6.39. The molecule has 7 nitrogen and oxygen atoms in total. The Morgan fingerprint density at radius 2 is 1.82 bits per heavy atom. The number of azo groups is 1. The normalized spacial score (nSPS) is 11.9. The monoisotopic (exact) mass is 423 g/mol. The second kappa shape index (κ2) is 9.52. The summed E-state index contributed by atoms with van der Waals surface area (Å²) in [4.78, 5) is 24.8. The maximum atomic E-state index is 12.8. The molecule has 0 N–H and O–H groups in total. The zero-order chi connectivity index (χ0) is 20.8. The molecule has 2 aromatic carbocycles. The molecule has 148 valence electrons. The number of hydrogen-bond donors (Lipinski definition) is 0. The number of ether oxygens (including phenoxy) is 2. The number of rotatable bonds is 7. The Labute approximate surface area is 173 Å². The molecule has 1 atom stereocenters. The second-order valence-electron chi connectivity index (χ2n) is 5.82. The predicted molar refractivity (Wildman–Crippen MR) is 108 cm³/mol. The zero-order valence-electron chi connectivity index (χ0n) is 15.8. The Morgan fingerprint density at radius 1 is 1.11 bits per heavy atom. The minimum absolute atomic E-state index is 0.220. The van der Waals surface area contributed by atoms with Crippen LogP contribution < -0.4 is 13.9 Å². The third-order valence-corrected chi connectivity index (χ3v) is 4.61. The van der Waals surface area contributed by atoms with Crippen LogP contribution >= 0.6 is 23.4 Å². The van der Waals surface area contributed by atoms with Crippen LogP contribution in [0.3, 0.4) is 0 Å². The van der Waals surface area contributed by atoms with Crippen molar-refractivity contribution in [1.82, 2.24) is 0 Å². The maximum Gasteiger partial charge on any atom is 0.276 e. The fourth-order valence-corrected chi connectivity index (χ4v) is 2.64. The molecule has 0 heterocycles.